The maximum atomic E-state index is 11.4. The van der Waals surface area contributed by atoms with Crippen LogP contribution in [0.2, 0.25) is 18.1 Å². The summed E-state index contributed by atoms with van der Waals surface area (Å²) in [5.74, 6) is 1.28. The Hall–Kier alpha value is -0.441. The van der Waals surface area contributed by atoms with Crippen LogP contribution in [0.3, 0.4) is 0 Å². The van der Waals surface area contributed by atoms with Crippen molar-refractivity contribution in [1.29, 1.82) is 0 Å². The topological polar surface area (TPSA) is 35.5 Å². The molecule has 0 N–H and O–H groups in total. The molecule has 1 aliphatic heterocycles. The third kappa shape index (κ3) is 5.28. The summed E-state index contributed by atoms with van der Waals surface area (Å²) in [7, 11) is -1.87. The minimum atomic E-state index is -1.87. The van der Waals surface area contributed by atoms with E-state index < -0.39 is 8.32 Å². The molecule has 2 fully saturated rings. The van der Waals surface area contributed by atoms with Crippen LogP contribution in [0.25, 0.3) is 0 Å². The van der Waals surface area contributed by atoms with Gasteiger partial charge in [-0.15, -0.1) is 29.7 Å². The Morgan fingerprint density at radius 1 is 1.36 bits per heavy atom. The largest absolute Gasteiger partial charge is 0.412 e. The Kier molecular flexibility index (Phi) is 7.68. The predicted molar refractivity (Wildman–Crippen MR) is 101 cm³/mol. The molecule has 0 aromatic heterocycles. The van der Waals surface area contributed by atoms with Gasteiger partial charge in [0.05, 0.1) is 12.4 Å². The van der Waals surface area contributed by atoms with Crippen LogP contribution in [-0.4, -0.2) is 33.4 Å². The molecule has 1 heterocycles. The Labute approximate surface area is 167 Å². The number of hydrogen-bond acceptors (Lipinski definition) is 3. The Bertz CT molecular complexity index is 584. The van der Waals surface area contributed by atoms with Crippen molar-refractivity contribution in [2.75, 3.05) is 13.2 Å². The van der Waals surface area contributed by atoms with Crippen molar-refractivity contribution in [3.05, 3.63) is 41.4 Å². The molecule has 2 aliphatic rings. The molecule has 1 saturated carbocycles. The summed E-state index contributed by atoms with van der Waals surface area (Å²) in [5.41, 5.74) is 3.45. The number of carbonyl (C=O) groups is 1. The fraction of sp³-hybridized carbons (Fsp3) is 0.600. The number of ketones is 1. The van der Waals surface area contributed by atoms with Crippen molar-refractivity contribution in [3.8, 4) is 0 Å². The van der Waals surface area contributed by atoms with Gasteiger partial charge in [-0.05, 0) is 31.5 Å². The second-order valence-corrected chi connectivity index (χ2v) is 13.1. The number of ether oxygens (including phenoxy) is 1. The van der Waals surface area contributed by atoms with Crippen LogP contribution in [0.5, 0.6) is 0 Å². The maximum Gasteiger partial charge on any atom is 0.192 e. The SMILES string of the molecule is C=C1COC/C1=C1/[C-](/C=C/C(C)=O)CCC1O[Si](C)(C)C(C)(C)C.[Pd]. The molecule has 0 aromatic rings. The van der Waals surface area contributed by atoms with Gasteiger partial charge in [0.25, 0.3) is 0 Å². The number of allylic oxidation sites excluding steroid dienone is 2. The van der Waals surface area contributed by atoms with Crippen molar-refractivity contribution < 1.29 is 34.4 Å². The summed E-state index contributed by atoms with van der Waals surface area (Å²) in [4.78, 5) is 11.4. The van der Waals surface area contributed by atoms with Gasteiger partial charge < -0.3 is 14.0 Å². The predicted octanol–water partition coefficient (Wildman–Crippen LogP) is 4.77. The van der Waals surface area contributed by atoms with Gasteiger partial charge in [0.15, 0.2) is 8.32 Å². The molecule has 1 atom stereocenters. The summed E-state index contributed by atoms with van der Waals surface area (Å²) in [5, 5.41) is 0.171. The molecular weight excluding hydrogens is 423 g/mol. The van der Waals surface area contributed by atoms with Crippen molar-refractivity contribution in [2.24, 2.45) is 0 Å². The molecule has 1 aliphatic carbocycles. The molecule has 0 amide bonds. The third-order valence-electron chi connectivity index (χ3n) is 5.38. The monoisotopic (exact) mass is 453 g/mol. The van der Waals surface area contributed by atoms with Gasteiger partial charge in [-0.3, -0.25) is 0 Å². The van der Waals surface area contributed by atoms with E-state index in [0.717, 1.165) is 18.4 Å². The second kappa shape index (κ2) is 8.50. The number of rotatable bonds is 4. The Balaban J connectivity index is 0.00000312. The van der Waals surface area contributed by atoms with E-state index in [1.165, 1.54) is 17.1 Å². The van der Waals surface area contributed by atoms with Gasteiger partial charge in [-0.2, -0.15) is 6.08 Å². The second-order valence-electron chi connectivity index (χ2n) is 8.36. The number of hydrogen-bond donors (Lipinski definition) is 0. The van der Waals surface area contributed by atoms with Crippen molar-refractivity contribution in [2.45, 2.75) is 64.8 Å². The standard InChI is InChI=1S/C20H31O3Si.Pd/c1-14-12-22-13-17(14)19-16(9-8-15(2)21)10-11-18(19)23-24(6,7)20(3,4)5;/h8-9,18H,1,10-13H2,2-7H3;/q-1;/b9-8+,19-17+;. The maximum absolute atomic E-state index is 11.4. The van der Waals surface area contributed by atoms with Crippen LogP contribution in [0.1, 0.15) is 40.5 Å². The zero-order chi connectivity index (χ0) is 18.1. The molecule has 0 bridgehead atoms. The van der Waals surface area contributed by atoms with Crippen LogP contribution in [-0.2, 0) is 34.4 Å². The molecule has 0 aromatic carbocycles. The fourth-order valence-electron chi connectivity index (χ4n) is 2.94. The van der Waals surface area contributed by atoms with Crippen LogP contribution >= 0.6 is 0 Å². The van der Waals surface area contributed by atoms with Gasteiger partial charge in [0.1, 0.15) is 0 Å². The molecule has 0 radical (unpaired) electrons. The average molecular weight is 454 g/mol. The van der Waals surface area contributed by atoms with Crippen LogP contribution in [0.15, 0.2) is 35.5 Å². The summed E-state index contributed by atoms with van der Waals surface area (Å²) in [6, 6.07) is 0. The van der Waals surface area contributed by atoms with Crippen LogP contribution in [0, 0.1) is 5.92 Å². The molecule has 1 unspecified atom stereocenters. The van der Waals surface area contributed by atoms with Crippen molar-refractivity contribution in [3.63, 3.8) is 0 Å². The molecule has 1 saturated heterocycles. The first-order chi connectivity index (χ1) is 11.0. The summed E-state index contributed by atoms with van der Waals surface area (Å²) in [6.07, 6.45) is 5.62. The minimum Gasteiger partial charge on any atom is -0.412 e. The zero-order valence-electron chi connectivity index (χ0n) is 16.3. The van der Waals surface area contributed by atoms with E-state index in [2.05, 4.69) is 40.4 Å². The Morgan fingerprint density at radius 2 is 2.00 bits per heavy atom. The zero-order valence-corrected chi connectivity index (χ0v) is 18.9. The first-order valence-corrected chi connectivity index (χ1v) is 11.7. The first-order valence-electron chi connectivity index (χ1n) is 8.74. The summed E-state index contributed by atoms with van der Waals surface area (Å²) in [6.45, 7) is 18.3. The van der Waals surface area contributed by atoms with E-state index in [-0.39, 0.29) is 37.3 Å². The summed E-state index contributed by atoms with van der Waals surface area (Å²) < 4.78 is 12.3. The molecule has 0 spiro atoms. The van der Waals surface area contributed by atoms with Crippen molar-refractivity contribution >= 4 is 14.1 Å². The fourth-order valence-corrected chi connectivity index (χ4v) is 4.24. The molecular formula is C20H31O3PdSi-. The van der Waals surface area contributed by atoms with E-state index in [9.17, 15) is 4.79 Å². The smallest absolute Gasteiger partial charge is 0.192 e. The van der Waals surface area contributed by atoms with Gasteiger partial charge in [-0.1, -0.05) is 32.8 Å². The Morgan fingerprint density at radius 3 is 2.48 bits per heavy atom. The first kappa shape index (κ1) is 22.6. The average Bonchev–Trinajstić information content (AvgIpc) is 3.00. The van der Waals surface area contributed by atoms with Crippen LogP contribution < -0.4 is 0 Å². The van der Waals surface area contributed by atoms with E-state index in [4.69, 9.17) is 9.16 Å². The van der Waals surface area contributed by atoms with Gasteiger partial charge >= 0.3 is 0 Å². The van der Waals surface area contributed by atoms with E-state index >= 15 is 0 Å². The van der Waals surface area contributed by atoms with Crippen LogP contribution in [0.4, 0.5) is 0 Å². The third-order valence-corrected chi connectivity index (χ3v) is 9.87. The summed E-state index contributed by atoms with van der Waals surface area (Å²) >= 11 is 0. The molecule has 3 nitrogen and oxygen atoms in total. The normalized spacial score (nSPS) is 25.0. The van der Waals surface area contributed by atoms with Gasteiger partial charge in [0, 0.05) is 33.1 Å². The van der Waals surface area contributed by atoms with E-state index in [1.54, 1.807) is 13.0 Å². The quantitative estimate of drug-likeness (QED) is 0.349. The molecule has 144 valence electrons. The van der Waals surface area contributed by atoms with Crippen molar-refractivity contribution in [1.82, 2.24) is 0 Å². The molecule has 5 heteroatoms. The molecule has 25 heavy (non-hydrogen) atoms. The molecule has 2 rings (SSSR count). The van der Waals surface area contributed by atoms with Gasteiger partial charge in [0.2, 0.25) is 0 Å². The van der Waals surface area contributed by atoms with E-state index in [0.29, 0.717) is 13.2 Å². The van der Waals surface area contributed by atoms with Gasteiger partial charge in [-0.25, -0.2) is 0 Å². The minimum absolute atomic E-state index is 0. The van der Waals surface area contributed by atoms with E-state index in [1.807, 2.05) is 6.08 Å². The number of carbonyl (C=O) groups excluding carboxylic acids is 1.